The van der Waals surface area contributed by atoms with Crippen LogP contribution in [0.2, 0.25) is 0 Å². The molecule has 6 heteroatoms. The standard InChI is InChI=1S/C21H26N2O4/c1-15-19(26-3)12-16(13-20(15)27-4)21(24)23-10-8-22(9-11-23)17-6-5-7-18(14-17)25-2/h5-7,12-14H,8-11H2,1-4H3. The maximum atomic E-state index is 13.0. The molecule has 1 aliphatic heterocycles. The Balaban J connectivity index is 1.71. The number of rotatable bonds is 5. The van der Waals surface area contributed by atoms with Crippen LogP contribution in [0.3, 0.4) is 0 Å². The van der Waals surface area contributed by atoms with E-state index in [1.807, 2.05) is 30.0 Å². The fourth-order valence-electron chi connectivity index (χ4n) is 3.37. The zero-order valence-electron chi connectivity index (χ0n) is 16.3. The average Bonchev–Trinajstić information content (AvgIpc) is 2.73. The van der Waals surface area contributed by atoms with E-state index >= 15 is 0 Å². The van der Waals surface area contributed by atoms with E-state index < -0.39 is 0 Å². The Hall–Kier alpha value is -2.89. The van der Waals surface area contributed by atoms with E-state index in [1.54, 1.807) is 33.5 Å². The Morgan fingerprint density at radius 1 is 0.889 bits per heavy atom. The molecule has 0 N–H and O–H groups in total. The second kappa shape index (κ2) is 8.20. The quantitative estimate of drug-likeness (QED) is 0.810. The molecule has 0 unspecified atom stereocenters. The minimum Gasteiger partial charge on any atom is -0.497 e. The number of amides is 1. The molecule has 144 valence electrons. The van der Waals surface area contributed by atoms with Gasteiger partial charge in [0.25, 0.3) is 5.91 Å². The molecular formula is C21H26N2O4. The number of hydrogen-bond donors (Lipinski definition) is 0. The van der Waals surface area contributed by atoms with Crippen molar-refractivity contribution in [3.63, 3.8) is 0 Å². The van der Waals surface area contributed by atoms with E-state index in [4.69, 9.17) is 14.2 Å². The van der Waals surface area contributed by atoms with Gasteiger partial charge in [-0.25, -0.2) is 0 Å². The Labute approximate surface area is 160 Å². The summed E-state index contributed by atoms with van der Waals surface area (Å²) >= 11 is 0. The third-order valence-corrected chi connectivity index (χ3v) is 4.98. The number of carbonyl (C=O) groups excluding carboxylic acids is 1. The van der Waals surface area contributed by atoms with E-state index in [0.29, 0.717) is 30.2 Å². The first kappa shape index (κ1) is 18.9. The van der Waals surface area contributed by atoms with Gasteiger partial charge in [0.2, 0.25) is 0 Å². The monoisotopic (exact) mass is 370 g/mol. The zero-order chi connectivity index (χ0) is 19.4. The summed E-state index contributed by atoms with van der Waals surface area (Å²) in [6.45, 7) is 4.79. The summed E-state index contributed by atoms with van der Waals surface area (Å²) in [6.07, 6.45) is 0. The number of ether oxygens (including phenoxy) is 3. The Kier molecular flexibility index (Phi) is 5.74. The third kappa shape index (κ3) is 3.94. The highest BCUT2D eigenvalue weighted by atomic mass is 16.5. The SMILES string of the molecule is COc1cccc(N2CCN(C(=O)c3cc(OC)c(C)c(OC)c3)CC2)c1. The normalized spacial score (nSPS) is 14.1. The molecule has 6 nitrogen and oxygen atoms in total. The highest BCUT2D eigenvalue weighted by Crippen LogP contribution is 2.30. The summed E-state index contributed by atoms with van der Waals surface area (Å²) < 4.78 is 16.1. The smallest absolute Gasteiger partial charge is 0.254 e. The molecule has 0 spiro atoms. The van der Waals surface area contributed by atoms with Gasteiger partial charge in [-0.15, -0.1) is 0 Å². The van der Waals surface area contributed by atoms with Crippen LogP contribution in [0, 0.1) is 6.92 Å². The second-order valence-electron chi connectivity index (χ2n) is 6.49. The summed E-state index contributed by atoms with van der Waals surface area (Å²) in [5.41, 5.74) is 2.59. The van der Waals surface area contributed by atoms with E-state index in [-0.39, 0.29) is 5.91 Å². The predicted molar refractivity (Wildman–Crippen MR) is 105 cm³/mol. The van der Waals surface area contributed by atoms with Gasteiger partial charge in [-0.1, -0.05) is 6.07 Å². The maximum Gasteiger partial charge on any atom is 0.254 e. The first-order valence-corrected chi connectivity index (χ1v) is 8.98. The number of carbonyl (C=O) groups is 1. The van der Waals surface area contributed by atoms with Crippen molar-refractivity contribution in [1.82, 2.24) is 4.90 Å². The highest BCUT2D eigenvalue weighted by molar-refractivity contribution is 5.95. The highest BCUT2D eigenvalue weighted by Gasteiger charge is 2.24. The molecule has 1 heterocycles. The van der Waals surface area contributed by atoms with Gasteiger partial charge in [0.05, 0.1) is 21.3 Å². The zero-order valence-corrected chi connectivity index (χ0v) is 16.3. The number of anilines is 1. The Bertz CT molecular complexity index is 789. The fourth-order valence-corrected chi connectivity index (χ4v) is 3.37. The summed E-state index contributed by atoms with van der Waals surface area (Å²) in [4.78, 5) is 17.1. The molecule has 0 aliphatic carbocycles. The van der Waals surface area contributed by atoms with Gasteiger partial charge in [0.15, 0.2) is 0 Å². The van der Waals surface area contributed by atoms with Crippen molar-refractivity contribution in [1.29, 1.82) is 0 Å². The van der Waals surface area contributed by atoms with E-state index in [0.717, 1.165) is 30.1 Å². The average molecular weight is 370 g/mol. The number of benzene rings is 2. The van der Waals surface area contributed by atoms with Crippen molar-refractivity contribution < 1.29 is 19.0 Å². The summed E-state index contributed by atoms with van der Waals surface area (Å²) in [5.74, 6) is 2.15. The summed E-state index contributed by atoms with van der Waals surface area (Å²) in [6, 6.07) is 11.6. The van der Waals surface area contributed by atoms with Gasteiger partial charge in [-0.05, 0) is 31.2 Å². The summed E-state index contributed by atoms with van der Waals surface area (Å²) in [5, 5.41) is 0. The van der Waals surface area contributed by atoms with Gasteiger partial charge >= 0.3 is 0 Å². The van der Waals surface area contributed by atoms with Crippen LogP contribution in [0.5, 0.6) is 17.2 Å². The van der Waals surface area contributed by atoms with Crippen LogP contribution in [0.25, 0.3) is 0 Å². The molecule has 1 amide bonds. The van der Waals surface area contributed by atoms with Crippen LogP contribution in [0.1, 0.15) is 15.9 Å². The van der Waals surface area contributed by atoms with Gasteiger partial charge in [-0.2, -0.15) is 0 Å². The van der Waals surface area contributed by atoms with Crippen molar-refractivity contribution in [3.8, 4) is 17.2 Å². The van der Waals surface area contributed by atoms with Gasteiger partial charge in [0.1, 0.15) is 17.2 Å². The van der Waals surface area contributed by atoms with Crippen molar-refractivity contribution in [2.45, 2.75) is 6.92 Å². The first-order chi connectivity index (χ1) is 13.1. The molecule has 0 radical (unpaired) electrons. The molecule has 0 aromatic heterocycles. The predicted octanol–water partition coefficient (Wildman–Crippen LogP) is 2.98. The van der Waals surface area contributed by atoms with Crippen molar-refractivity contribution >= 4 is 11.6 Å². The third-order valence-electron chi connectivity index (χ3n) is 4.98. The molecular weight excluding hydrogens is 344 g/mol. The topological polar surface area (TPSA) is 51.2 Å². The number of methoxy groups -OCH3 is 3. The second-order valence-corrected chi connectivity index (χ2v) is 6.49. The molecule has 2 aromatic carbocycles. The van der Waals surface area contributed by atoms with E-state index in [2.05, 4.69) is 11.0 Å². The number of nitrogens with zero attached hydrogens (tertiary/aromatic N) is 2. The molecule has 0 saturated carbocycles. The fraction of sp³-hybridized carbons (Fsp3) is 0.381. The molecule has 2 aromatic rings. The van der Waals surface area contributed by atoms with Crippen LogP contribution in [0.15, 0.2) is 36.4 Å². The molecule has 1 fully saturated rings. The number of hydrogen-bond acceptors (Lipinski definition) is 5. The molecule has 1 aliphatic rings. The molecule has 27 heavy (non-hydrogen) atoms. The van der Waals surface area contributed by atoms with Crippen molar-refractivity contribution in [2.75, 3.05) is 52.4 Å². The maximum absolute atomic E-state index is 13.0. The minimum atomic E-state index is -0.00288. The van der Waals surface area contributed by atoms with Gasteiger partial charge in [-0.3, -0.25) is 4.79 Å². The van der Waals surface area contributed by atoms with Crippen LogP contribution in [0.4, 0.5) is 5.69 Å². The van der Waals surface area contributed by atoms with Crippen molar-refractivity contribution in [2.24, 2.45) is 0 Å². The number of piperazine rings is 1. The van der Waals surface area contributed by atoms with Crippen molar-refractivity contribution in [3.05, 3.63) is 47.5 Å². The minimum absolute atomic E-state index is 0.00288. The lowest BCUT2D eigenvalue weighted by atomic mass is 10.1. The molecule has 0 atom stereocenters. The Morgan fingerprint density at radius 2 is 1.52 bits per heavy atom. The van der Waals surface area contributed by atoms with Crippen LogP contribution >= 0.6 is 0 Å². The van der Waals surface area contributed by atoms with E-state index in [1.165, 1.54) is 0 Å². The first-order valence-electron chi connectivity index (χ1n) is 8.98. The van der Waals surface area contributed by atoms with Crippen LogP contribution in [-0.4, -0.2) is 58.3 Å². The van der Waals surface area contributed by atoms with Gasteiger partial charge in [0, 0.05) is 49.1 Å². The lowest BCUT2D eigenvalue weighted by Crippen LogP contribution is -2.48. The molecule has 0 bridgehead atoms. The van der Waals surface area contributed by atoms with E-state index in [9.17, 15) is 4.79 Å². The Morgan fingerprint density at radius 3 is 2.07 bits per heavy atom. The molecule has 1 saturated heterocycles. The largest absolute Gasteiger partial charge is 0.497 e. The summed E-state index contributed by atoms with van der Waals surface area (Å²) in [7, 11) is 4.87. The lowest BCUT2D eigenvalue weighted by Gasteiger charge is -2.36. The van der Waals surface area contributed by atoms with Gasteiger partial charge < -0.3 is 24.0 Å². The van der Waals surface area contributed by atoms with Crippen LogP contribution < -0.4 is 19.1 Å². The lowest BCUT2D eigenvalue weighted by molar-refractivity contribution is 0.0746. The molecule has 3 rings (SSSR count). The van der Waals surface area contributed by atoms with Crippen LogP contribution in [-0.2, 0) is 0 Å².